The molecule has 4 radical (unpaired) electrons. The Balaban J connectivity index is -0.0000000106. The number of phosphoric acid groups is 3. The van der Waals surface area contributed by atoms with Gasteiger partial charge in [-0.3, -0.25) is 0 Å². The van der Waals surface area contributed by atoms with Gasteiger partial charge in [-0.1, -0.05) is 0 Å². The average Bonchev–Trinajstić information content (AvgIpc) is 1.41. The van der Waals surface area contributed by atoms with Gasteiger partial charge in [0.2, 0.25) is 0 Å². The van der Waals surface area contributed by atoms with E-state index in [2.05, 4.69) is 0 Å². The van der Waals surface area contributed by atoms with Gasteiger partial charge in [-0.2, -0.15) is 23.5 Å². The first kappa shape index (κ1) is 64.5. The molecule has 0 saturated heterocycles. The molecule has 0 aliphatic rings. The quantitative estimate of drug-likeness (QED) is 0.197. The molecule has 6 N–H and O–H groups in total. The number of rotatable bonds is 0. The van der Waals surface area contributed by atoms with Crippen LogP contribution >= 0.6 is 23.5 Å². The topological polar surface area (TPSA) is 353 Å². The molecule has 0 fully saturated rings. The van der Waals surface area contributed by atoms with Crippen LogP contribution in [0.1, 0.15) is 0 Å². The van der Waals surface area contributed by atoms with Gasteiger partial charge < -0.3 is 74.2 Å². The summed E-state index contributed by atoms with van der Waals surface area (Å²) >= 11 is 0. The van der Waals surface area contributed by atoms with Crippen molar-refractivity contribution in [2.24, 2.45) is 0 Å². The maximum absolute atomic E-state index is 8.55. The van der Waals surface area contributed by atoms with Gasteiger partial charge in [0.05, 0.1) is 0 Å². The number of hydrogen-bond acceptors (Lipinski definition) is 12. The van der Waals surface area contributed by atoms with Gasteiger partial charge in [0.1, 0.15) is 0 Å². The predicted molar refractivity (Wildman–Crippen MR) is 33.7 cm³/mol. The Morgan fingerprint density at radius 3 is 0.409 bits per heavy atom. The molecule has 0 unspecified atom stereocenters. The van der Waals surface area contributed by atoms with E-state index < -0.39 is 23.5 Å². The Bertz CT molecular complexity index is 216. The molecule has 0 bridgehead atoms. The van der Waals surface area contributed by atoms with Gasteiger partial charge in [0.15, 0.2) is 0 Å². The molecule has 22 heteroatoms. The Morgan fingerprint density at radius 1 is 0.409 bits per heavy atom. The Kier molecular flexibility index (Phi) is 82.4. The van der Waals surface area contributed by atoms with Gasteiger partial charge in [-0.05, 0) is 0 Å². The Morgan fingerprint density at radius 2 is 0.409 bits per heavy atom. The molecule has 0 aromatic carbocycles. The molecular formula is H6FeMn3O15P3. The second-order valence-electron chi connectivity index (χ2n) is 1.34. The van der Waals surface area contributed by atoms with Crippen LogP contribution in [0.25, 0.3) is 0 Å². The second-order valence-corrected chi connectivity index (χ2v) is 4.02. The van der Waals surface area contributed by atoms with Crippen molar-refractivity contribution in [3.05, 3.63) is 0 Å². The molecule has 0 aromatic rings. The Labute approximate surface area is 165 Å². The monoisotopic (exact) mass is 560 g/mol. The van der Waals surface area contributed by atoms with E-state index in [9.17, 15) is 0 Å². The Hall–Kier alpha value is 2.29. The molecular weight excluding hydrogens is 554 g/mol. The number of hydrogen-bond donors (Lipinski definition) is 0. The van der Waals surface area contributed by atoms with Crippen LogP contribution in [0.2, 0.25) is 0 Å². The molecule has 22 heavy (non-hydrogen) atoms. The summed E-state index contributed by atoms with van der Waals surface area (Å²) in [5.74, 6) is 0. The van der Waals surface area contributed by atoms with E-state index in [4.69, 9.17) is 57.7 Å². The summed E-state index contributed by atoms with van der Waals surface area (Å²) in [6.07, 6.45) is 0. The van der Waals surface area contributed by atoms with E-state index in [-0.39, 0.29) is 84.7 Å². The first-order valence-electron chi connectivity index (χ1n) is 2.19. The molecule has 15 nitrogen and oxygen atoms in total. The van der Waals surface area contributed by atoms with Gasteiger partial charge in [-0.25, -0.2) is 0 Å². The fourth-order valence-electron chi connectivity index (χ4n) is 0. The fourth-order valence-corrected chi connectivity index (χ4v) is 0. The first-order chi connectivity index (χ1) is 6.00. The van der Waals surface area contributed by atoms with Crippen LogP contribution < -0.4 is 44.0 Å². The summed E-state index contributed by atoms with van der Waals surface area (Å²) in [7, 11) is -16.2. The fraction of sp³-hybridized carbons (Fsp3) is 0. The first-order valence-corrected chi connectivity index (χ1v) is 6.57. The van der Waals surface area contributed by atoms with Crippen LogP contribution in [0, 0.1) is 0 Å². The molecule has 140 valence electrons. The summed E-state index contributed by atoms with van der Waals surface area (Å²) in [5.41, 5.74) is 0. The molecule has 0 rings (SSSR count). The van der Waals surface area contributed by atoms with Gasteiger partial charge in [0, 0.05) is 0 Å². The molecule has 0 heterocycles. The van der Waals surface area contributed by atoms with Crippen molar-refractivity contribution >= 4 is 23.5 Å². The summed E-state index contributed by atoms with van der Waals surface area (Å²) in [6, 6.07) is 0. The van der Waals surface area contributed by atoms with Gasteiger partial charge in [-0.15, -0.1) is 0 Å². The minimum Gasteiger partial charge on any atom is -0.822 e. The van der Waals surface area contributed by atoms with Crippen molar-refractivity contribution in [2.75, 3.05) is 0 Å². The van der Waals surface area contributed by atoms with Crippen molar-refractivity contribution in [1.82, 2.24) is 0 Å². The minimum atomic E-state index is -5.39. The van der Waals surface area contributed by atoms with E-state index in [0.29, 0.717) is 0 Å². The van der Waals surface area contributed by atoms with Gasteiger partial charge in [0.25, 0.3) is 0 Å². The standard InChI is InChI=1S/Fe.3Mn.3H3O4P.3H2O/c;;;;3*1-5(2,3)4;;;/h;;;;3*(H3,1,2,3,4);3*1H2/q+3;3*+2;;;;;;/p-9. The van der Waals surface area contributed by atoms with E-state index in [0.717, 1.165) is 0 Å². The predicted octanol–water partition coefficient (Wildman–Crippen LogP) is -11.0. The third-order valence-electron chi connectivity index (χ3n) is 0. The molecule has 0 aromatic heterocycles. The van der Waals surface area contributed by atoms with E-state index in [1.807, 2.05) is 0 Å². The molecule has 0 atom stereocenters. The van der Waals surface area contributed by atoms with Crippen molar-refractivity contribution < 1.29 is 142 Å². The minimum absolute atomic E-state index is 0. The van der Waals surface area contributed by atoms with Crippen molar-refractivity contribution in [3.63, 3.8) is 0 Å². The van der Waals surface area contributed by atoms with E-state index >= 15 is 0 Å². The smallest absolute Gasteiger partial charge is 0.822 e. The maximum Gasteiger partial charge on any atom is 3.00 e. The largest absolute Gasteiger partial charge is 3.00 e. The van der Waals surface area contributed by atoms with Crippen LogP contribution in [0.5, 0.6) is 0 Å². The van der Waals surface area contributed by atoms with Crippen LogP contribution in [0.4, 0.5) is 0 Å². The zero-order valence-corrected chi connectivity index (χ0v) is 16.6. The zero-order valence-electron chi connectivity index (χ0n) is 9.23. The molecule has 0 spiro atoms. The summed E-state index contributed by atoms with van der Waals surface area (Å²) in [4.78, 5) is 76.9. The van der Waals surface area contributed by atoms with E-state index in [1.165, 1.54) is 0 Å². The molecule has 0 saturated carbocycles. The van der Waals surface area contributed by atoms with Gasteiger partial charge >= 0.3 is 68.3 Å². The van der Waals surface area contributed by atoms with Crippen LogP contribution in [0.3, 0.4) is 0 Å². The molecule has 0 aliphatic carbocycles. The third kappa shape index (κ3) is 1930. The summed E-state index contributed by atoms with van der Waals surface area (Å²) in [6.45, 7) is 0. The zero-order chi connectivity index (χ0) is 13.5. The van der Waals surface area contributed by atoms with Crippen LogP contribution in [-0.4, -0.2) is 16.4 Å². The van der Waals surface area contributed by atoms with Crippen LogP contribution in [-0.2, 0) is 82.0 Å². The summed E-state index contributed by atoms with van der Waals surface area (Å²) in [5, 5.41) is 0. The maximum atomic E-state index is 8.55. The average molecular weight is 560 g/mol. The normalized spacial score (nSPS) is 8.05. The van der Waals surface area contributed by atoms with Crippen molar-refractivity contribution in [1.29, 1.82) is 0 Å². The van der Waals surface area contributed by atoms with Crippen molar-refractivity contribution in [2.45, 2.75) is 0 Å². The summed E-state index contributed by atoms with van der Waals surface area (Å²) < 4.78 is 25.6. The molecule has 0 aliphatic heterocycles. The second kappa shape index (κ2) is 28.1. The molecule has 0 amide bonds. The SMILES string of the molecule is O.O.O.O=P([O-])([O-])[O-].O=P([O-])([O-])[O-].O=P([O-])([O-])[O-].[Fe+3].[Mn+2].[Mn+2].[Mn+2]. The van der Waals surface area contributed by atoms with Crippen molar-refractivity contribution in [3.8, 4) is 0 Å². The van der Waals surface area contributed by atoms with Crippen LogP contribution in [0.15, 0.2) is 0 Å². The third-order valence-corrected chi connectivity index (χ3v) is 0. The van der Waals surface area contributed by atoms with E-state index in [1.54, 1.807) is 0 Å².